The van der Waals surface area contributed by atoms with E-state index in [0.29, 0.717) is 13.0 Å². The number of benzene rings is 1. The monoisotopic (exact) mass is 298 g/mol. The Hall–Kier alpha value is -1.03. The van der Waals surface area contributed by atoms with Gasteiger partial charge in [0.2, 0.25) is 0 Å². The molecule has 0 radical (unpaired) electrons. The number of thioether (sulfide) groups is 1. The van der Waals surface area contributed by atoms with Crippen molar-refractivity contribution in [1.29, 1.82) is 0 Å². The standard InChI is InChI=1S/C16H23FO2S/c1-2-19-16(18)8-6-4-3-5-7-13-20-15-11-9-14(17)10-12-15/h9-12H,2-8,13H2,1H3. The van der Waals surface area contributed by atoms with Crippen molar-refractivity contribution in [2.75, 3.05) is 12.4 Å². The zero-order valence-electron chi connectivity index (χ0n) is 12.1. The molecule has 4 heteroatoms. The summed E-state index contributed by atoms with van der Waals surface area (Å²) in [6.07, 6.45) is 6.03. The minimum Gasteiger partial charge on any atom is -0.466 e. The summed E-state index contributed by atoms with van der Waals surface area (Å²) in [6, 6.07) is 6.63. The van der Waals surface area contributed by atoms with E-state index in [1.807, 2.05) is 19.1 Å². The summed E-state index contributed by atoms with van der Waals surface area (Å²) in [5.74, 6) is 0.791. The molecule has 0 heterocycles. The van der Waals surface area contributed by atoms with Gasteiger partial charge in [-0.2, -0.15) is 0 Å². The number of hydrogen-bond acceptors (Lipinski definition) is 3. The maximum atomic E-state index is 12.7. The molecule has 0 aliphatic carbocycles. The minimum absolute atomic E-state index is 0.0839. The summed E-state index contributed by atoms with van der Waals surface area (Å²) in [6.45, 7) is 2.30. The van der Waals surface area contributed by atoms with Gasteiger partial charge in [0.25, 0.3) is 0 Å². The fourth-order valence-corrected chi connectivity index (χ4v) is 2.77. The molecule has 0 fully saturated rings. The van der Waals surface area contributed by atoms with Crippen molar-refractivity contribution in [3.05, 3.63) is 30.1 Å². The summed E-state index contributed by atoms with van der Waals surface area (Å²) in [5, 5.41) is 0. The number of halogens is 1. The molecular formula is C16H23FO2S. The van der Waals surface area contributed by atoms with Gasteiger partial charge in [0.1, 0.15) is 5.82 Å². The number of carbonyl (C=O) groups is 1. The number of unbranched alkanes of at least 4 members (excludes halogenated alkanes) is 4. The second kappa shape index (κ2) is 10.7. The van der Waals surface area contributed by atoms with Crippen LogP contribution in [0.2, 0.25) is 0 Å². The number of esters is 1. The third-order valence-electron chi connectivity index (χ3n) is 2.91. The molecule has 0 aromatic heterocycles. The third-order valence-corrected chi connectivity index (χ3v) is 4.01. The van der Waals surface area contributed by atoms with Gasteiger partial charge in [0, 0.05) is 11.3 Å². The lowest BCUT2D eigenvalue weighted by Crippen LogP contribution is -2.03. The van der Waals surface area contributed by atoms with Crippen LogP contribution < -0.4 is 0 Å². The zero-order chi connectivity index (χ0) is 14.6. The minimum atomic E-state index is -0.184. The van der Waals surface area contributed by atoms with Crippen molar-refractivity contribution in [3.8, 4) is 0 Å². The predicted octanol–water partition coefficient (Wildman–Crippen LogP) is 4.82. The van der Waals surface area contributed by atoms with Gasteiger partial charge in [-0.05, 0) is 49.8 Å². The van der Waals surface area contributed by atoms with E-state index in [1.54, 1.807) is 11.8 Å². The van der Waals surface area contributed by atoms with E-state index < -0.39 is 0 Å². The highest BCUT2D eigenvalue weighted by molar-refractivity contribution is 7.99. The molecule has 2 nitrogen and oxygen atoms in total. The Morgan fingerprint density at radius 3 is 2.45 bits per heavy atom. The van der Waals surface area contributed by atoms with Crippen molar-refractivity contribution in [2.24, 2.45) is 0 Å². The van der Waals surface area contributed by atoms with Crippen molar-refractivity contribution in [1.82, 2.24) is 0 Å². The molecule has 0 saturated carbocycles. The maximum absolute atomic E-state index is 12.7. The van der Waals surface area contributed by atoms with Crippen LogP contribution in [0.15, 0.2) is 29.2 Å². The average Bonchev–Trinajstić information content (AvgIpc) is 2.44. The molecule has 1 rings (SSSR count). The van der Waals surface area contributed by atoms with Crippen LogP contribution in [0.25, 0.3) is 0 Å². The van der Waals surface area contributed by atoms with Crippen LogP contribution in [-0.4, -0.2) is 18.3 Å². The van der Waals surface area contributed by atoms with Crippen LogP contribution in [0, 0.1) is 5.82 Å². The molecule has 0 saturated heterocycles. The summed E-state index contributed by atoms with van der Waals surface area (Å²) >= 11 is 1.76. The Morgan fingerprint density at radius 2 is 1.75 bits per heavy atom. The first-order valence-electron chi connectivity index (χ1n) is 7.26. The summed E-state index contributed by atoms with van der Waals surface area (Å²) < 4.78 is 17.6. The predicted molar refractivity (Wildman–Crippen MR) is 81.5 cm³/mol. The molecule has 0 aliphatic heterocycles. The van der Waals surface area contributed by atoms with Crippen LogP contribution in [0.3, 0.4) is 0 Å². The van der Waals surface area contributed by atoms with Crippen molar-refractivity contribution in [3.63, 3.8) is 0 Å². The fourth-order valence-electron chi connectivity index (χ4n) is 1.86. The van der Waals surface area contributed by atoms with Gasteiger partial charge in [-0.3, -0.25) is 4.79 Å². The van der Waals surface area contributed by atoms with Crippen LogP contribution in [0.1, 0.15) is 45.4 Å². The molecule has 1 aromatic carbocycles. The van der Waals surface area contributed by atoms with Gasteiger partial charge < -0.3 is 4.74 Å². The van der Waals surface area contributed by atoms with Crippen molar-refractivity contribution < 1.29 is 13.9 Å². The first kappa shape index (κ1) is 17.0. The van der Waals surface area contributed by atoms with E-state index in [2.05, 4.69) is 0 Å². The molecule has 112 valence electrons. The summed E-state index contributed by atoms with van der Waals surface area (Å²) in [7, 11) is 0. The van der Waals surface area contributed by atoms with Gasteiger partial charge in [0.05, 0.1) is 6.61 Å². The first-order valence-corrected chi connectivity index (χ1v) is 8.25. The van der Waals surface area contributed by atoms with E-state index in [0.717, 1.165) is 36.3 Å². The highest BCUT2D eigenvalue weighted by Gasteiger charge is 2.00. The Kier molecular flexibility index (Phi) is 9.13. The zero-order valence-corrected chi connectivity index (χ0v) is 12.9. The third kappa shape index (κ3) is 8.20. The SMILES string of the molecule is CCOC(=O)CCCCCCCSc1ccc(F)cc1. The summed E-state index contributed by atoms with van der Waals surface area (Å²) in [5.41, 5.74) is 0. The fraction of sp³-hybridized carbons (Fsp3) is 0.562. The number of ether oxygens (including phenoxy) is 1. The van der Waals surface area contributed by atoms with Crippen molar-refractivity contribution >= 4 is 17.7 Å². The number of rotatable bonds is 10. The van der Waals surface area contributed by atoms with E-state index in [1.165, 1.54) is 18.6 Å². The second-order valence-corrected chi connectivity index (χ2v) is 5.79. The Bertz CT molecular complexity index is 379. The Labute approximate surface area is 125 Å². The lowest BCUT2D eigenvalue weighted by atomic mass is 10.1. The lowest BCUT2D eigenvalue weighted by molar-refractivity contribution is -0.143. The van der Waals surface area contributed by atoms with E-state index in [9.17, 15) is 9.18 Å². The number of carbonyl (C=O) groups excluding carboxylic acids is 1. The molecule has 0 unspecified atom stereocenters. The second-order valence-electron chi connectivity index (χ2n) is 4.63. The molecule has 0 spiro atoms. The quantitative estimate of drug-likeness (QED) is 0.352. The normalized spacial score (nSPS) is 10.5. The largest absolute Gasteiger partial charge is 0.466 e. The molecule has 20 heavy (non-hydrogen) atoms. The molecule has 1 aromatic rings. The van der Waals surface area contributed by atoms with Crippen LogP contribution in [0.5, 0.6) is 0 Å². The molecule has 0 amide bonds. The highest BCUT2D eigenvalue weighted by atomic mass is 32.2. The van der Waals surface area contributed by atoms with Gasteiger partial charge in [-0.15, -0.1) is 11.8 Å². The highest BCUT2D eigenvalue weighted by Crippen LogP contribution is 2.20. The van der Waals surface area contributed by atoms with E-state index >= 15 is 0 Å². The summed E-state index contributed by atoms with van der Waals surface area (Å²) in [4.78, 5) is 12.2. The van der Waals surface area contributed by atoms with Crippen molar-refractivity contribution in [2.45, 2.75) is 50.3 Å². The van der Waals surface area contributed by atoms with E-state index in [-0.39, 0.29) is 11.8 Å². The topological polar surface area (TPSA) is 26.3 Å². The molecular weight excluding hydrogens is 275 g/mol. The van der Waals surface area contributed by atoms with Crippen LogP contribution in [0.4, 0.5) is 4.39 Å². The van der Waals surface area contributed by atoms with Crippen LogP contribution >= 0.6 is 11.8 Å². The van der Waals surface area contributed by atoms with Gasteiger partial charge in [-0.1, -0.05) is 19.3 Å². The molecule has 0 bridgehead atoms. The van der Waals surface area contributed by atoms with E-state index in [4.69, 9.17) is 4.74 Å². The van der Waals surface area contributed by atoms with Gasteiger partial charge in [-0.25, -0.2) is 4.39 Å². The lowest BCUT2D eigenvalue weighted by Gasteiger charge is -2.03. The average molecular weight is 298 g/mol. The maximum Gasteiger partial charge on any atom is 0.305 e. The Morgan fingerprint density at radius 1 is 1.10 bits per heavy atom. The molecule has 0 N–H and O–H groups in total. The molecule has 0 atom stereocenters. The molecule has 0 aliphatic rings. The number of hydrogen-bond donors (Lipinski definition) is 0. The van der Waals surface area contributed by atoms with Gasteiger partial charge >= 0.3 is 5.97 Å². The van der Waals surface area contributed by atoms with Crippen LogP contribution in [-0.2, 0) is 9.53 Å². The Balaban J connectivity index is 1.92. The van der Waals surface area contributed by atoms with Gasteiger partial charge in [0.15, 0.2) is 0 Å². The first-order chi connectivity index (χ1) is 9.72. The smallest absolute Gasteiger partial charge is 0.305 e.